The highest BCUT2D eigenvalue weighted by Crippen LogP contribution is 2.23. The minimum Gasteiger partial charge on any atom is -0.508 e. The van der Waals surface area contributed by atoms with Crippen LogP contribution in [0.1, 0.15) is 101 Å². The number of aromatic nitrogens is 2. The van der Waals surface area contributed by atoms with E-state index in [-0.39, 0.29) is 94.3 Å². The summed E-state index contributed by atoms with van der Waals surface area (Å²) in [6.07, 6.45) is 2.29. The number of hydrogen-bond acceptors (Lipinski definition) is 16. The predicted octanol–water partition coefficient (Wildman–Crippen LogP) is 0.236. The number of nitrogens with zero attached hydrogens (tertiary/aromatic N) is 3. The summed E-state index contributed by atoms with van der Waals surface area (Å²) in [7, 11) is 0. The number of guanidine groups is 1. The van der Waals surface area contributed by atoms with E-state index in [0.717, 1.165) is 0 Å². The van der Waals surface area contributed by atoms with E-state index < -0.39 is 138 Å². The summed E-state index contributed by atoms with van der Waals surface area (Å²) in [4.78, 5) is 167. The number of aromatic hydroxyl groups is 2. The summed E-state index contributed by atoms with van der Waals surface area (Å²) < 4.78 is 0. The van der Waals surface area contributed by atoms with Crippen LogP contribution in [0.4, 0.5) is 0 Å². The van der Waals surface area contributed by atoms with Gasteiger partial charge in [-0.05, 0) is 90.5 Å². The molecule has 0 spiro atoms. The lowest BCUT2D eigenvalue weighted by Gasteiger charge is -2.32. The average molecular weight is 1370 g/mol. The van der Waals surface area contributed by atoms with Crippen LogP contribution in [0.5, 0.6) is 11.5 Å². The second kappa shape index (κ2) is 38.1. The zero-order chi connectivity index (χ0) is 72.3. The lowest BCUT2D eigenvalue weighted by molar-refractivity contribution is -0.147. The molecule has 5 aromatic rings. The number of aromatic amines is 1. The van der Waals surface area contributed by atoms with Gasteiger partial charge in [-0.3, -0.25) is 52.9 Å². The van der Waals surface area contributed by atoms with Gasteiger partial charge in [0, 0.05) is 57.1 Å². The number of carbonyl (C=O) groups is 11. The van der Waals surface area contributed by atoms with Gasteiger partial charge in [-0.2, -0.15) is 0 Å². The van der Waals surface area contributed by atoms with E-state index in [1.165, 1.54) is 66.0 Å². The SMILES string of the molecule is CC[C@H](C)[C@H](NC(=O)[C@@H](N)Cc1cnc[nH]1)C(=O)N1CCC[C@H]1C(=O)N[C@@H](CCCN=C(N)N)C(=O)N[C@@H](Cc1ccccc1)C(=O)N[C@@H](Cc1ccc(O)cc1)C(=O)N[C@@H](CC(C)C)C(=O)N[C@@H](Cc1ccccc1)C(=O)N[C@@H](Cc1ccc(O)cc1)C(=O)N[C@@H](CC(=O)O)C(=O)O. The topological polar surface area (TPSA) is 487 Å². The first kappa shape index (κ1) is 77.1. The normalized spacial score (nSPS) is 15.7. The Balaban J connectivity index is 1.28. The molecule has 11 atom stereocenters. The average Bonchev–Trinajstić information content (AvgIpc) is 1.79. The standard InChI is InChI=1S/C69H91N15O15/c1-5-40(4)58(83-59(89)48(70)35-45-37-73-38-75-45)67(97)84-29-13-19-56(84)66(96)76-49(18-12-28-74-69(71)72)60(90)78-51(31-41-14-8-6-9-15-41)63(93)80-53(33-43-20-24-46(85)25-21-43)62(92)77-50(30-39(2)3)61(91)79-52(32-42-16-10-7-11-17-42)64(94)81-54(34-44-22-26-47(86)27-23-44)65(95)82-55(68(98)99)36-57(87)88/h6-11,14-17,20-27,37-40,48-56,58,85-86H,5,12-13,18-19,28-36,70H2,1-4H3,(H,73,75)(H,76,96)(H,77,92)(H,78,90)(H,79,91)(H,80,93)(H,81,94)(H,82,95)(H,83,89)(H,87,88)(H,98,99)(H4,71,72,74)/t40-,48-,49-,50-,51-,52-,53-,54-,55-,56-,58-/m0/s1. The number of benzene rings is 4. The molecule has 1 saturated heterocycles. The monoisotopic (exact) mass is 1370 g/mol. The van der Waals surface area contributed by atoms with Crippen molar-refractivity contribution < 1.29 is 73.2 Å². The van der Waals surface area contributed by atoms with Gasteiger partial charge in [0.1, 0.15) is 65.9 Å². The number of carboxylic acid groups (broad SMARTS) is 2. The van der Waals surface area contributed by atoms with Crippen molar-refractivity contribution in [2.75, 3.05) is 13.1 Å². The van der Waals surface area contributed by atoms with E-state index in [1.807, 2.05) is 6.92 Å². The number of aliphatic imine (C=N–C) groups is 1. The maximum absolute atomic E-state index is 15.1. The summed E-state index contributed by atoms with van der Waals surface area (Å²) in [6, 6.07) is 14.3. The van der Waals surface area contributed by atoms with Gasteiger partial charge in [-0.1, -0.05) is 119 Å². The van der Waals surface area contributed by atoms with Gasteiger partial charge in [0.05, 0.1) is 18.8 Å². The van der Waals surface area contributed by atoms with Crippen molar-refractivity contribution in [3.63, 3.8) is 0 Å². The summed E-state index contributed by atoms with van der Waals surface area (Å²) in [5.41, 5.74) is 20.1. The number of likely N-dealkylation sites (tertiary alicyclic amines) is 1. The number of carboxylic acids is 2. The first-order valence-electron chi connectivity index (χ1n) is 32.8. The number of nitrogens with one attached hydrogen (secondary N) is 9. The Morgan fingerprint density at radius 1 is 0.576 bits per heavy atom. The molecule has 1 aliphatic rings. The van der Waals surface area contributed by atoms with Gasteiger partial charge >= 0.3 is 11.9 Å². The number of amides is 9. The van der Waals surface area contributed by atoms with Crippen LogP contribution in [0.15, 0.2) is 127 Å². The third-order valence-corrected chi connectivity index (χ3v) is 16.7. The molecule has 0 radical (unpaired) electrons. The molecular formula is C69H91N15O15. The van der Waals surface area contributed by atoms with Crippen molar-refractivity contribution in [1.29, 1.82) is 0 Å². The highest BCUT2D eigenvalue weighted by Gasteiger charge is 2.42. The molecule has 1 aromatic heterocycles. The Hall–Kier alpha value is -10.9. The highest BCUT2D eigenvalue weighted by molar-refractivity contribution is 5.99. The fraction of sp³-hybridized carbons (Fsp3) is 0.435. The molecule has 2 heterocycles. The highest BCUT2D eigenvalue weighted by atomic mass is 16.4. The molecule has 0 bridgehead atoms. The van der Waals surface area contributed by atoms with Crippen molar-refractivity contribution in [2.45, 2.75) is 165 Å². The van der Waals surface area contributed by atoms with Crippen LogP contribution >= 0.6 is 0 Å². The molecule has 30 nitrogen and oxygen atoms in total. The van der Waals surface area contributed by atoms with E-state index in [1.54, 1.807) is 81.4 Å². The molecule has 19 N–H and O–H groups in total. The minimum absolute atomic E-state index is 0.0306. The van der Waals surface area contributed by atoms with Crippen LogP contribution in [-0.2, 0) is 84.8 Å². The number of hydrogen-bond donors (Lipinski definition) is 16. The lowest BCUT2D eigenvalue weighted by Crippen LogP contribution is -2.61. The molecule has 4 aromatic carbocycles. The molecule has 532 valence electrons. The van der Waals surface area contributed by atoms with Crippen LogP contribution in [0, 0.1) is 11.8 Å². The van der Waals surface area contributed by atoms with E-state index in [0.29, 0.717) is 40.8 Å². The third kappa shape index (κ3) is 24.9. The number of aliphatic carboxylic acids is 2. The molecule has 0 saturated carbocycles. The van der Waals surface area contributed by atoms with Crippen molar-refractivity contribution >= 4 is 71.1 Å². The van der Waals surface area contributed by atoms with E-state index in [2.05, 4.69) is 57.5 Å². The minimum atomic E-state index is -1.91. The van der Waals surface area contributed by atoms with Crippen LogP contribution < -0.4 is 59.7 Å². The fourth-order valence-corrected chi connectivity index (χ4v) is 11.2. The van der Waals surface area contributed by atoms with Gasteiger partial charge in [0.25, 0.3) is 0 Å². The number of H-pyrrole nitrogens is 1. The Morgan fingerprint density at radius 3 is 1.44 bits per heavy atom. The second-order valence-electron chi connectivity index (χ2n) is 25.0. The quantitative estimate of drug-likeness (QED) is 0.0143. The number of rotatable bonds is 38. The summed E-state index contributed by atoms with van der Waals surface area (Å²) in [5.74, 6) is -11.7. The molecule has 6 rings (SSSR count). The Bertz CT molecular complexity index is 3560. The maximum atomic E-state index is 15.1. The van der Waals surface area contributed by atoms with Crippen LogP contribution in [0.25, 0.3) is 0 Å². The zero-order valence-electron chi connectivity index (χ0n) is 55.7. The smallest absolute Gasteiger partial charge is 0.326 e. The second-order valence-corrected chi connectivity index (χ2v) is 25.0. The van der Waals surface area contributed by atoms with E-state index in [9.17, 15) is 63.6 Å². The van der Waals surface area contributed by atoms with Crippen LogP contribution in [0.3, 0.4) is 0 Å². The number of phenols is 2. The maximum Gasteiger partial charge on any atom is 0.326 e. The Morgan fingerprint density at radius 2 is 1.02 bits per heavy atom. The van der Waals surface area contributed by atoms with Gasteiger partial charge < -0.3 is 90.0 Å². The summed E-state index contributed by atoms with van der Waals surface area (Å²) in [5, 5.41) is 60.9. The number of imidazole rings is 1. The molecule has 0 unspecified atom stereocenters. The van der Waals surface area contributed by atoms with Crippen molar-refractivity contribution in [2.24, 2.45) is 34.0 Å². The Labute approximate surface area is 572 Å². The molecule has 9 amide bonds. The van der Waals surface area contributed by atoms with Gasteiger partial charge in [-0.15, -0.1) is 0 Å². The molecule has 0 aliphatic carbocycles. The molecular weight excluding hydrogens is 1280 g/mol. The molecule has 99 heavy (non-hydrogen) atoms. The number of carbonyl (C=O) groups excluding carboxylic acids is 9. The first-order valence-corrected chi connectivity index (χ1v) is 32.8. The van der Waals surface area contributed by atoms with Gasteiger partial charge in [0.15, 0.2) is 5.96 Å². The number of phenolic OH excluding ortho intramolecular Hbond substituents is 2. The fourth-order valence-electron chi connectivity index (χ4n) is 11.2. The predicted molar refractivity (Wildman–Crippen MR) is 363 cm³/mol. The van der Waals surface area contributed by atoms with Crippen molar-refractivity contribution in [1.82, 2.24) is 57.4 Å². The van der Waals surface area contributed by atoms with Crippen LogP contribution in [-0.4, -0.2) is 180 Å². The van der Waals surface area contributed by atoms with E-state index >= 15 is 9.59 Å². The largest absolute Gasteiger partial charge is 0.508 e. The summed E-state index contributed by atoms with van der Waals surface area (Å²) >= 11 is 0. The van der Waals surface area contributed by atoms with Crippen LogP contribution in [0.2, 0.25) is 0 Å². The number of nitrogens with two attached hydrogens (primary N) is 3. The van der Waals surface area contributed by atoms with Crippen molar-refractivity contribution in [3.8, 4) is 11.5 Å². The van der Waals surface area contributed by atoms with Crippen molar-refractivity contribution in [3.05, 3.63) is 150 Å². The third-order valence-electron chi connectivity index (χ3n) is 16.7. The zero-order valence-corrected chi connectivity index (χ0v) is 55.7. The lowest BCUT2D eigenvalue weighted by atomic mass is 9.96. The first-order chi connectivity index (χ1) is 47.2. The molecule has 30 heteroatoms. The summed E-state index contributed by atoms with van der Waals surface area (Å²) in [6.45, 7) is 7.36. The Kier molecular flexibility index (Phi) is 29.7. The molecule has 1 aliphatic heterocycles. The van der Waals surface area contributed by atoms with E-state index in [4.69, 9.17) is 17.2 Å². The molecule has 1 fully saturated rings. The van der Waals surface area contributed by atoms with Gasteiger partial charge in [-0.25, -0.2) is 9.78 Å². The van der Waals surface area contributed by atoms with Gasteiger partial charge in [0.2, 0.25) is 53.2 Å².